The minimum absolute atomic E-state index is 0.0212. The van der Waals surface area contributed by atoms with Crippen LogP contribution in [0.25, 0.3) is 0 Å². The van der Waals surface area contributed by atoms with E-state index in [2.05, 4.69) is 41.3 Å². The Hall–Kier alpha value is -2.13. The fourth-order valence-electron chi connectivity index (χ4n) is 4.29. The van der Waals surface area contributed by atoms with Crippen LogP contribution in [0.1, 0.15) is 30.9 Å². The molecule has 1 aromatic rings. The Morgan fingerprint density at radius 3 is 2.93 bits per heavy atom. The van der Waals surface area contributed by atoms with E-state index in [9.17, 15) is 5.26 Å². The Balaban J connectivity index is 1.63. The van der Waals surface area contributed by atoms with Gasteiger partial charge in [0.1, 0.15) is 18.1 Å². The van der Waals surface area contributed by atoms with Gasteiger partial charge in [0.25, 0.3) is 0 Å². The fraction of sp³-hybridized carbons (Fsp3) is 0.500. The van der Waals surface area contributed by atoms with Crippen molar-refractivity contribution in [2.45, 2.75) is 44.6 Å². The standard InChI is InChI=1S/C22H26N2O3/c1-3-27-21-11-18(10-19-12-22(19,21)25-2)20(8-9-23)24-13-16-6-4-5-7-17(16)14-26-15-24/h4-7,10-11,19-20H,3,8,12-15H2,1-2H3. The highest BCUT2D eigenvalue weighted by Crippen LogP contribution is 2.56. The number of rotatable bonds is 6. The summed E-state index contributed by atoms with van der Waals surface area (Å²) in [6.45, 7) is 4.50. The first-order valence-corrected chi connectivity index (χ1v) is 9.59. The van der Waals surface area contributed by atoms with E-state index in [4.69, 9.17) is 14.2 Å². The van der Waals surface area contributed by atoms with Crippen molar-refractivity contribution in [3.8, 4) is 6.07 Å². The first-order valence-electron chi connectivity index (χ1n) is 9.59. The van der Waals surface area contributed by atoms with Crippen molar-refractivity contribution in [2.75, 3.05) is 20.4 Å². The van der Waals surface area contributed by atoms with E-state index in [1.807, 2.05) is 13.0 Å². The molecule has 1 aliphatic heterocycles. The molecule has 1 fully saturated rings. The second kappa shape index (κ2) is 7.47. The Morgan fingerprint density at radius 1 is 1.37 bits per heavy atom. The molecule has 0 aromatic heterocycles. The average Bonchev–Trinajstić information content (AvgIpc) is 3.45. The smallest absolute Gasteiger partial charge is 0.132 e. The third-order valence-corrected chi connectivity index (χ3v) is 5.85. The Kier molecular flexibility index (Phi) is 5.05. The average molecular weight is 366 g/mol. The third-order valence-electron chi connectivity index (χ3n) is 5.85. The number of hydrogen-bond acceptors (Lipinski definition) is 5. The molecule has 0 radical (unpaired) electrons. The summed E-state index contributed by atoms with van der Waals surface area (Å²) in [6, 6.07) is 10.7. The Morgan fingerprint density at radius 2 is 2.19 bits per heavy atom. The van der Waals surface area contributed by atoms with Crippen LogP contribution in [-0.2, 0) is 27.4 Å². The molecular formula is C22H26N2O3. The Bertz CT molecular complexity index is 810. The molecule has 142 valence electrons. The largest absolute Gasteiger partial charge is 0.495 e. The molecule has 0 amide bonds. The van der Waals surface area contributed by atoms with Crippen LogP contribution in [0.4, 0.5) is 0 Å². The second-order valence-corrected chi connectivity index (χ2v) is 7.38. The molecule has 1 aromatic carbocycles. The zero-order valence-corrected chi connectivity index (χ0v) is 16.0. The van der Waals surface area contributed by atoms with Crippen LogP contribution in [-0.4, -0.2) is 37.0 Å². The maximum absolute atomic E-state index is 9.48. The normalized spacial score (nSPS) is 28.0. The molecule has 0 saturated heterocycles. The van der Waals surface area contributed by atoms with Gasteiger partial charge in [-0.1, -0.05) is 30.3 Å². The molecule has 1 heterocycles. The van der Waals surface area contributed by atoms with E-state index in [1.165, 1.54) is 11.1 Å². The van der Waals surface area contributed by atoms with Crippen molar-refractivity contribution >= 4 is 0 Å². The van der Waals surface area contributed by atoms with Gasteiger partial charge in [-0.3, -0.25) is 4.90 Å². The molecule has 27 heavy (non-hydrogen) atoms. The lowest BCUT2D eigenvalue weighted by atomic mass is 9.94. The third kappa shape index (κ3) is 3.29. The first kappa shape index (κ1) is 18.2. The van der Waals surface area contributed by atoms with E-state index in [0.29, 0.717) is 32.3 Å². The highest BCUT2D eigenvalue weighted by atomic mass is 16.5. The maximum Gasteiger partial charge on any atom is 0.132 e. The van der Waals surface area contributed by atoms with Gasteiger partial charge in [0.15, 0.2) is 0 Å². The van der Waals surface area contributed by atoms with Gasteiger partial charge in [-0.2, -0.15) is 5.26 Å². The van der Waals surface area contributed by atoms with Crippen molar-refractivity contribution in [3.63, 3.8) is 0 Å². The van der Waals surface area contributed by atoms with Gasteiger partial charge >= 0.3 is 0 Å². The van der Waals surface area contributed by atoms with Crippen LogP contribution in [0.15, 0.2) is 47.7 Å². The van der Waals surface area contributed by atoms with Crippen LogP contribution in [0.3, 0.4) is 0 Å². The van der Waals surface area contributed by atoms with Gasteiger partial charge in [-0.15, -0.1) is 0 Å². The van der Waals surface area contributed by atoms with E-state index in [-0.39, 0.29) is 11.6 Å². The van der Waals surface area contributed by atoms with E-state index in [1.54, 1.807) is 7.11 Å². The van der Waals surface area contributed by atoms with E-state index >= 15 is 0 Å². The summed E-state index contributed by atoms with van der Waals surface area (Å²) in [5.74, 6) is 1.22. The zero-order chi connectivity index (χ0) is 18.9. The van der Waals surface area contributed by atoms with Gasteiger partial charge in [0.2, 0.25) is 0 Å². The highest BCUT2D eigenvalue weighted by molar-refractivity contribution is 5.44. The SMILES string of the molecule is CCOC1=CC(C(CC#N)N2COCc3ccccc3C2)=CC2CC12OC. The molecule has 2 aliphatic carbocycles. The maximum atomic E-state index is 9.48. The van der Waals surface area contributed by atoms with E-state index in [0.717, 1.165) is 24.3 Å². The lowest BCUT2D eigenvalue weighted by Crippen LogP contribution is -2.38. The molecule has 0 N–H and O–H groups in total. The minimum atomic E-state index is -0.293. The number of hydrogen-bond donors (Lipinski definition) is 0. The van der Waals surface area contributed by atoms with Gasteiger partial charge in [0, 0.05) is 19.6 Å². The number of methoxy groups -OCH3 is 1. The number of nitrogens with zero attached hydrogens (tertiary/aromatic N) is 2. The molecule has 1 saturated carbocycles. The molecule has 0 spiro atoms. The Labute approximate surface area is 160 Å². The van der Waals surface area contributed by atoms with Crippen LogP contribution in [0.5, 0.6) is 0 Å². The second-order valence-electron chi connectivity index (χ2n) is 7.38. The summed E-state index contributed by atoms with van der Waals surface area (Å²) in [6.07, 6.45) is 5.72. The van der Waals surface area contributed by atoms with Crippen LogP contribution in [0, 0.1) is 17.2 Å². The molecule has 3 atom stereocenters. The monoisotopic (exact) mass is 366 g/mol. The summed E-state index contributed by atoms with van der Waals surface area (Å²) in [5, 5.41) is 9.48. The van der Waals surface area contributed by atoms with Crippen LogP contribution in [0.2, 0.25) is 0 Å². The van der Waals surface area contributed by atoms with Crippen molar-refractivity contribution in [1.29, 1.82) is 5.26 Å². The highest BCUT2D eigenvalue weighted by Gasteiger charge is 2.60. The topological polar surface area (TPSA) is 54.7 Å². The van der Waals surface area contributed by atoms with Crippen molar-refractivity contribution < 1.29 is 14.2 Å². The van der Waals surface area contributed by atoms with Gasteiger partial charge in [0.05, 0.1) is 31.7 Å². The van der Waals surface area contributed by atoms with Gasteiger partial charge < -0.3 is 14.2 Å². The summed E-state index contributed by atoms with van der Waals surface area (Å²) in [5.41, 5.74) is 3.33. The molecule has 3 aliphatic rings. The van der Waals surface area contributed by atoms with Crippen molar-refractivity contribution in [1.82, 2.24) is 4.90 Å². The first-order chi connectivity index (χ1) is 13.2. The summed E-state index contributed by atoms with van der Waals surface area (Å²) in [7, 11) is 1.75. The summed E-state index contributed by atoms with van der Waals surface area (Å²) >= 11 is 0. The number of fused-ring (bicyclic) bond motifs is 2. The number of ether oxygens (including phenoxy) is 3. The molecule has 3 unspecified atom stereocenters. The van der Waals surface area contributed by atoms with Crippen molar-refractivity contribution in [2.24, 2.45) is 5.92 Å². The predicted molar refractivity (Wildman–Crippen MR) is 101 cm³/mol. The van der Waals surface area contributed by atoms with Gasteiger partial charge in [-0.25, -0.2) is 0 Å². The summed E-state index contributed by atoms with van der Waals surface area (Å²) < 4.78 is 17.6. The predicted octanol–water partition coefficient (Wildman–Crippen LogP) is 3.52. The molecule has 4 rings (SSSR count). The lowest BCUT2D eigenvalue weighted by molar-refractivity contribution is 0.00820. The van der Waals surface area contributed by atoms with Crippen LogP contribution < -0.4 is 0 Å². The number of nitriles is 1. The molecular weight excluding hydrogens is 340 g/mol. The quantitative estimate of drug-likeness (QED) is 0.771. The zero-order valence-electron chi connectivity index (χ0n) is 16.0. The number of benzene rings is 1. The molecule has 0 bridgehead atoms. The minimum Gasteiger partial charge on any atom is -0.495 e. The molecule has 5 heteroatoms. The lowest BCUT2D eigenvalue weighted by Gasteiger charge is -2.32. The van der Waals surface area contributed by atoms with Crippen molar-refractivity contribution in [3.05, 3.63) is 58.9 Å². The molecule has 5 nitrogen and oxygen atoms in total. The fourth-order valence-corrected chi connectivity index (χ4v) is 4.29. The van der Waals surface area contributed by atoms with E-state index < -0.39 is 0 Å². The summed E-state index contributed by atoms with van der Waals surface area (Å²) in [4.78, 5) is 2.25. The van der Waals surface area contributed by atoms with Gasteiger partial charge in [-0.05, 0) is 36.1 Å². The van der Waals surface area contributed by atoms with Crippen LogP contribution >= 0.6 is 0 Å².